The topological polar surface area (TPSA) is 29.9 Å². The third-order valence-electron chi connectivity index (χ3n) is 4.33. The van der Waals surface area contributed by atoms with Gasteiger partial charge in [0.15, 0.2) is 0 Å². The standard InChI is InChI=1S/C16H19BrClN3/c1-3-21-14(15(18)11(2)20-21)8-16(9-19-10-16)12-6-4-5-7-13(12)17/h4-7,19H,3,8-10H2,1-2H3. The maximum Gasteiger partial charge on any atom is 0.0847 e. The molecule has 1 saturated heterocycles. The van der Waals surface area contributed by atoms with E-state index in [1.165, 1.54) is 10.0 Å². The maximum atomic E-state index is 6.49. The molecule has 0 unspecified atom stereocenters. The molecule has 3 nitrogen and oxygen atoms in total. The lowest BCUT2D eigenvalue weighted by molar-refractivity contribution is 0.267. The van der Waals surface area contributed by atoms with Crippen LogP contribution in [-0.2, 0) is 18.4 Å². The number of aromatic nitrogens is 2. The van der Waals surface area contributed by atoms with E-state index < -0.39 is 0 Å². The monoisotopic (exact) mass is 367 g/mol. The highest BCUT2D eigenvalue weighted by Crippen LogP contribution is 2.38. The summed E-state index contributed by atoms with van der Waals surface area (Å²) < 4.78 is 3.20. The summed E-state index contributed by atoms with van der Waals surface area (Å²) in [5.74, 6) is 0. The molecule has 2 heterocycles. The van der Waals surface area contributed by atoms with Crippen molar-refractivity contribution in [1.29, 1.82) is 0 Å². The minimum atomic E-state index is 0.100. The van der Waals surface area contributed by atoms with Gasteiger partial charge in [-0.2, -0.15) is 5.10 Å². The molecule has 0 radical (unpaired) electrons. The Balaban J connectivity index is 2.01. The summed E-state index contributed by atoms with van der Waals surface area (Å²) in [5.41, 5.74) is 3.52. The van der Waals surface area contributed by atoms with Crippen molar-refractivity contribution in [3.63, 3.8) is 0 Å². The van der Waals surface area contributed by atoms with Crippen LogP contribution in [0.3, 0.4) is 0 Å². The van der Waals surface area contributed by atoms with Crippen LogP contribution in [0.5, 0.6) is 0 Å². The summed E-state index contributed by atoms with van der Waals surface area (Å²) in [6, 6.07) is 8.47. The lowest BCUT2D eigenvalue weighted by Gasteiger charge is -2.44. The third-order valence-corrected chi connectivity index (χ3v) is 5.51. The molecular weight excluding hydrogens is 350 g/mol. The summed E-state index contributed by atoms with van der Waals surface area (Å²) in [6.07, 6.45) is 0.913. The molecule has 0 aliphatic carbocycles. The first-order valence-corrected chi connectivity index (χ1v) is 8.42. The largest absolute Gasteiger partial charge is 0.315 e. The molecule has 21 heavy (non-hydrogen) atoms. The Morgan fingerprint density at radius 3 is 2.67 bits per heavy atom. The van der Waals surface area contributed by atoms with Crippen LogP contribution in [0.15, 0.2) is 28.7 Å². The molecule has 3 rings (SSSR count). The van der Waals surface area contributed by atoms with Gasteiger partial charge in [0.05, 0.1) is 16.4 Å². The highest BCUT2D eigenvalue weighted by Gasteiger charge is 2.41. The maximum absolute atomic E-state index is 6.49. The van der Waals surface area contributed by atoms with Gasteiger partial charge in [-0.05, 0) is 25.5 Å². The van der Waals surface area contributed by atoms with Crippen molar-refractivity contribution in [3.05, 3.63) is 50.7 Å². The summed E-state index contributed by atoms with van der Waals surface area (Å²) in [5, 5.41) is 8.77. The zero-order chi connectivity index (χ0) is 15.0. The molecule has 1 fully saturated rings. The highest BCUT2D eigenvalue weighted by molar-refractivity contribution is 9.10. The molecule has 0 spiro atoms. The van der Waals surface area contributed by atoms with E-state index in [0.717, 1.165) is 42.5 Å². The van der Waals surface area contributed by atoms with Crippen molar-refractivity contribution in [1.82, 2.24) is 15.1 Å². The second-order valence-electron chi connectivity index (χ2n) is 5.70. The second kappa shape index (κ2) is 5.75. The molecule has 1 aromatic carbocycles. The minimum Gasteiger partial charge on any atom is -0.315 e. The Kier molecular flexibility index (Phi) is 4.12. The van der Waals surface area contributed by atoms with Crippen LogP contribution in [-0.4, -0.2) is 22.9 Å². The SMILES string of the molecule is CCn1nc(C)c(Cl)c1CC1(c2ccccc2Br)CNC1. The van der Waals surface area contributed by atoms with E-state index in [1.54, 1.807) is 0 Å². The number of halogens is 2. The lowest BCUT2D eigenvalue weighted by atomic mass is 9.72. The van der Waals surface area contributed by atoms with E-state index in [1.807, 2.05) is 11.6 Å². The van der Waals surface area contributed by atoms with Crippen molar-refractivity contribution in [2.45, 2.75) is 32.2 Å². The molecule has 5 heteroatoms. The summed E-state index contributed by atoms with van der Waals surface area (Å²) in [7, 11) is 0. The first-order valence-electron chi connectivity index (χ1n) is 7.25. The van der Waals surface area contributed by atoms with E-state index in [-0.39, 0.29) is 5.41 Å². The summed E-state index contributed by atoms with van der Waals surface area (Å²) in [4.78, 5) is 0. The van der Waals surface area contributed by atoms with Gasteiger partial charge in [-0.15, -0.1) is 0 Å². The van der Waals surface area contributed by atoms with Crippen molar-refractivity contribution in [3.8, 4) is 0 Å². The number of rotatable bonds is 4. The van der Waals surface area contributed by atoms with Gasteiger partial charge in [-0.3, -0.25) is 4.68 Å². The van der Waals surface area contributed by atoms with Gasteiger partial charge in [0.2, 0.25) is 0 Å². The van der Waals surface area contributed by atoms with Gasteiger partial charge in [0, 0.05) is 35.9 Å². The Bertz CT molecular complexity index is 662. The fourth-order valence-electron chi connectivity index (χ4n) is 3.09. The zero-order valence-electron chi connectivity index (χ0n) is 12.3. The Morgan fingerprint density at radius 2 is 2.10 bits per heavy atom. The van der Waals surface area contributed by atoms with Gasteiger partial charge in [0.25, 0.3) is 0 Å². The number of nitrogens with one attached hydrogen (secondary N) is 1. The van der Waals surface area contributed by atoms with Crippen LogP contribution in [0.2, 0.25) is 5.02 Å². The number of hydrogen-bond acceptors (Lipinski definition) is 2. The van der Waals surface area contributed by atoms with E-state index in [0.29, 0.717) is 0 Å². The molecule has 112 valence electrons. The normalized spacial score (nSPS) is 16.8. The highest BCUT2D eigenvalue weighted by atomic mass is 79.9. The number of benzene rings is 1. The van der Waals surface area contributed by atoms with Gasteiger partial charge < -0.3 is 5.32 Å². The molecule has 1 aliphatic heterocycles. The van der Waals surface area contributed by atoms with Crippen LogP contribution in [0.1, 0.15) is 23.9 Å². The van der Waals surface area contributed by atoms with Crippen molar-refractivity contribution in [2.24, 2.45) is 0 Å². The first kappa shape index (κ1) is 15.1. The second-order valence-corrected chi connectivity index (χ2v) is 6.93. The van der Waals surface area contributed by atoms with Crippen LogP contribution >= 0.6 is 27.5 Å². The molecule has 0 bridgehead atoms. The third kappa shape index (κ3) is 2.54. The fourth-order valence-corrected chi connectivity index (χ4v) is 3.99. The van der Waals surface area contributed by atoms with E-state index in [4.69, 9.17) is 11.6 Å². The van der Waals surface area contributed by atoms with Gasteiger partial charge in [-0.1, -0.05) is 45.7 Å². The van der Waals surface area contributed by atoms with E-state index >= 15 is 0 Å². The minimum absolute atomic E-state index is 0.100. The Hall–Kier alpha value is -0.840. The van der Waals surface area contributed by atoms with Crippen molar-refractivity contribution < 1.29 is 0 Å². The quantitative estimate of drug-likeness (QED) is 0.891. The fraction of sp³-hybridized carbons (Fsp3) is 0.438. The molecule has 2 aromatic rings. The molecule has 0 amide bonds. The average Bonchev–Trinajstić information content (AvgIpc) is 2.71. The van der Waals surface area contributed by atoms with Crippen molar-refractivity contribution in [2.75, 3.05) is 13.1 Å². The summed E-state index contributed by atoms with van der Waals surface area (Å²) in [6.45, 7) is 6.88. The van der Waals surface area contributed by atoms with Gasteiger partial charge >= 0.3 is 0 Å². The van der Waals surface area contributed by atoms with Crippen LogP contribution in [0.4, 0.5) is 0 Å². The van der Waals surface area contributed by atoms with Crippen molar-refractivity contribution >= 4 is 27.5 Å². The van der Waals surface area contributed by atoms with E-state index in [2.05, 4.69) is 57.5 Å². The average molecular weight is 369 g/mol. The predicted octanol–water partition coefficient (Wildman–Crippen LogP) is 3.71. The number of hydrogen-bond donors (Lipinski definition) is 1. The Labute approximate surface area is 138 Å². The van der Waals surface area contributed by atoms with Gasteiger partial charge in [-0.25, -0.2) is 0 Å². The summed E-state index contributed by atoms with van der Waals surface area (Å²) >= 11 is 10.2. The Morgan fingerprint density at radius 1 is 1.38 bits per heavy atom. The lowest BCUT2D eigenvalue weighted by Crippen LogP contribution is -2.58. The molecular formula is C16H19BrClN3. The van der Waals surface area contributed by atoms with E-state index in [9.17, 15) is 0 Å². The zero-order valence-corrected chi connectivity index (χ0v) is 14.6. The molecule has 0 saturated carbocycles. The predicted molar refractivity (Wildman–Crippen MR) is 90.0 cm³/mol. The molecule has 1 aromatic heterocycles. The number of nitrogens with zero attached hydrogens (tertiary/aromatic N) is 2. The van der Waals surface area contributed by atoms with Crippen LogP contribution in [0.25, 0.3) is 0 Å². The smallest absolute Gasteiger partial charge is 0.0847 e. The number of aryl methyl sites for hydroxylation is 2. The van der Waals surface area contributed by atoms with Gasteiger partial charge in [0.1, 0.15) is 0 Å². The first-order chi connectivity index (χ1) is 10.1. The molecule has 0 atom stereocenters. The van der Waals surface area contributed by atoms with Crippen LogP contribution in [0, 0.1) is 6.92 Å². The molecule has 1 N–H and O–H groups in total. The van der Waals surface area contributed by atoms with Crippen LogP contribution < -0.4 is 5.32 Å². The molecule has 1 aliphatic rings.